The molecule has 0 fully saturated rings. The molecule has 0 atom stereocenters. The third-order valence-electron chi connectivity index (χ3n) is 4.05. The predicted molar refractivity (Wildman–Crippen MR) is 111 cm³/mol. The summed E-state index contributed by atoms with van der Waals surface area (Å²) < 4.78 is 11.3. The van der Waals surface area contributed by atoms with Gasteiger partial charge in [-0.3, -0.25) is 0 Å². The summed E-state index contributed by atoms with van der Waals surface area (Å²) in [5.41, 5.74) is 3.49. The van der Waals surface area contributed by atoms with E-state index >= 15 is 0 Å². The predicted octanol–water partition coefficient (Wildman–Crippen LogP) is 3.88. The van der Waals surface area contributed by atoms with E-state index in [0.717, 1.165) is 23.8 Å². The Kier molecular flexibility index (Phi) is 9.21. The molecule has 2 aromatic rings. The number of benzene rings is 2. The second-order valence-electron chi connectivity index (χ2n) is 6.00. The third kappa shape index (κ3) is 6.94. The van der Waals surface area contributed by atoms with Crippen LogP contribution in [-0.4, -0.2) is 25.7 Å². The summed E-state index contributed by atoms with van der Waals surface area (Å²) in [5, 5.41) is 6.72. The highest BCUT2D eigenvalue weighted by Gasteiger charge is 2.05. The van der Waals surface area contributed by atoms with Gasteiger partial charge in [0.05, 0.1) is 19.8 Å². The van der Waals surface area contributed by atoms with Crippen molar-refractivity contribution in [3.05, 3.63) is 65.2 Å². The van der Waals surface area contributed by atoms with Gasteiger partial charge in [-0.25, -0.2) is 4.99 Å². The van der Waals surface area contributed by atoms with Crippen LogP contribution in [-0.2, 0) is 24.4 Å². The van der Waals surface area contributed by atoms with Gasteiger partial charge in [-0.05, 0) is 38.0 Å². The molecular formula is C22H31N3O2. The lowest BCUT2D eigenvalue weighted by Gasteiger charge is -2.14. The first-order valence-electron chi connectivity index (χ1n) is 9.65. The van der Waals surface area contributed by atoms with Crippen LogP contribution in [0.3, 0.4) is 0 Å². The van der Waals surface area contributed by atoms with Crippen LogP contribution in [0, 0.1) is 0 Å². The van der Waals surface area contributed by atoms with Crippen molar-refractivity contribution in [2.24, 2.45) is 4.99 Å². The normalized spacial score (nSPS) is 11.3. The number of nitrogens with zero attached hydrogens (tertiary/aromatic N) is 1. The summed E-state index contributed by atoms with van der Waals surface area (Å²) >= 11 is 0. The molecule has 2 N–H and O–H groups in total. The van der Waals surface area contributed by atoms with Crippen LogP contribution in [0.4, 0.5) is 0 Å². The Morgan fingerprint density at radius 2 is 1.56 bits per heavy atom. The summed E-state index contributed by atoms with van der Waals surface area (Å²) in [6.45, 7) is 10.1. The maximum atomic E-state index is 5.69. The van der Waals surface area contributed by atoms with Crippen LogP contribution in [0.2, 0.25) is 0 Å². The molecule has 5 heteroatoms. The SMILES string of the molecule is CCNC(=NCc1ccccc1OCC)NCc1ccccc1COCC. The number of nitrogens with one attached hydrogen (secondary N) is 2. The topological polar surface area (TPSA) is 54.9 Å². The molecule has 27 heavy (non-hydrogen) atoms. The van der Waals surface area contributed by atoms with Crippen LogP contribution in [0.1, 0.15) is 37.5 Å². The Morgan fingerprint density at radius 3 is 2.26 bits per heavy atom. The van der Waals surface area contributed by atoms with Crippen LogP contribution < -0.4 is 15.4 Å². The fraction of sp³-hybridized carbons (Fsp3) is 0.409. The molecule has 0 aromatic heterocycles. The van der Waals surface area contributed by atoms with E-state index in [4.69, 9.17) is 14.5 Å². The molecule has 0 aliphatic rings. The molecule has 0 saturated heterocycles. The first-order chi connectivity index (χ1) is 13.3. The van der Waals surface area contributed by atoms with Gasteiger partial charge in [0.2, 0.25) is 0 Å². The molecule has 0 aliphatic heterocycles. The molecule has 0 amide bonds. The van der Waals surface area contributed by atoms with E-state index in [1.807, 2.05) is 38.1 Å². The Hall–Kier alpha value is -2.53. The molecule has 0 bridgehead atoms. The first kappa shape index (κ1) is 20.8. The zero-order valence-electron chi connectivity index (χ0n) is 16.6. The van der Waals surface area contributed by atoms with Crippen molar-refractivity contribution in [2.45, 2.75) is 40.5 Å². The Balaban J connectivity index is 2.04. The summed E-state index contributed by atoms with van der Waals surface area (Å²) in [5.74, 6) is 1.68. The molecular weight excluding hydrogens is 338 g/mol. The van der Waals surface area contributed by atoms with Crippen LogP contribution in [0.25, 0.3) is 0 Å². The van der Waals surface area contributed by atoms with Crippen molar-refractivity contribution >= 4 is 5.96 Å². The summed E-state index contributed by atoms with van der Waals surface area (Å²) in [7, 11) is 0. The number of rotatable bonds is 10. The lowest BCUT2D eigenvalue weighted by molar-refractivity contribution is 0.133. The largest absolute Gasteiger partial charge is 0.494 e. The number of hydrogen-bond acceptors (Lipinski definition) is 3. The van der Waals surface area contributed by atoms with Crippen LogP contribution in [0.5, 0.6) is 5.75 Å². The average molecular weight is 370 g/mol. The Labute approximate surface area is 162 Å². The van der Waals surface area contributed by atoms with Gasteiger partial charge in [-0.15, -0.1) is 0 Å². The summed E-state index contributed by atoms with van der Waals surface area (Å²) in [4.78, 5) is 4.72. The molecule has 0 spiro atoms. The standard InChI is InChI=1S/C22H31N3O2/c1-4-23-22(25-16-19-12-9-10-14-21(19)27-6-3)24-15-18-11-7-8-13-20(18)17-26-5-2/h7-14H,4-6,15-17H2,1-3H3,(H2,23,24,25). The van der Waals surface area contributed by atoms with Gasteiger partial charge < -0.3 is 20.1 Å². The molecule has 0 heterocycles. The molecule has 5 nitrogen and oxygen atoms in total. The Bertz CT molecular complexity index is 716. The van der Waals surface area contributed by atoms with Gasteiger partial charge in [0, 0.05) is 25.3 Å². The number of aliphatic imine (C=N–C) groups is 1. The molecule has 0 radical (unpaired) electrons. The fourth-order valence-electron chi connectivity index (χ4n) is 2.70. The van der Waals surface area contributed by atoms with Gasteiger partial charge in [0.25, 0.3) is 0 Å². The number of hydrogen-bond donors (Lipinski definition) is 2. The van der Waals surface area contributed by atoms with Crippen molar-refractivity contribution in [1.82, 2.24) is 10.6 Å². The second kappa shape index (κ2) is 12.0. The van der Waals surface area contributed by atoms with Crippen LogP contribution >= 0.6 is 0 Å². The van der Waals surface area contributed by atoms with Crippen molar-refractivity contribution in [2.75, 3.05) is 19.8 Å². The monoisotopic (exact) mass is 369 g/mol. The van der Waals surface area contributed by atoms with Gasteiger partial charge in [0.15, 0.2) is 5.96 Å². The molecule has 0 saturated carbocycles. The first-order valence-corrected chi connectivity index (χ1v) is 9.65. The van der Waals surface area contributed by atoms with Gasteiger partial charge in [-0.1, -0.05) is 42.5 Å². The lowest BCUT2D eigenvalue weighted by atomic mass is 10.1. The van der Waals surface area contributed by atoms with E-state index in [0.29, 0.717) is 32.9 Å². The van der Waals surface area contributed by atoms with Crippen LogP contribution in [0.15, 0.2) is 53.5 Å². The fourth-order valence-corrected chi connectivity index (χ4v) is 2.70. The van der Waals surface area contributed by atoms with Crippen molar-refractivity contribution in [3.63, 3.8) is 0 Å². The summed E-state index contributed by atoms with van der Waals surface area (Å²) in [6.07, 6.45) is 0. The van der Waals surface area contributed by atoms with E-state index in [9.17, 15) is 0 Å². The van der Waals surface area contributed by atoms with Gasteiger partial charge in [-0.2, -0.15) is 0 Å². The number of guanidine groups is 1. The minimum absolute atomic E-state index is 0.562. The Morgan fingerprint density at radius 1 is 0.852 bits per heavy atom. The van der Waals surface area contributed by atoms with E-state index in [1.54, 1.807) is 0 Å². The molecule has 0 unspecified atom stereocenters. The van der Waals surface area contributed by atoms with Crippen molar-refractivity contribution < 1.29 is 9.47 Å². The second-order valence-corrected chi connectivity index (χ2v) is 6.00. The minimum Gasteiger partial charge on any atom is -0.494 e. The highest BCUT2D eigenvalue weighted by molar-refractivity contribution is 5.79. The van der Waals surface area contributed by atoms with E-state index < -0.39 is 0 Å². The van der Waals surface area contributed by atoms with E-state index in [1.165, 1.54) is 11.1 Å². The number of ether oxygens (including phenoxy) is 2. The van der Waals surface area contributed by atoms with Gasteiger partial charge in [0.1, 0.15) is 5.75 Å². The zero-order chi connectivity index (χ0) is 19.3. The summed E-state index contributed by atoms with van der Waals surface area (Å²) in [6, 6.07) is 16.4. The molecule has 146 valence electrons. The van der Waals surface area contributed by atoms with E-state index in [2.05, 4.69) is 41.8 Å². The quantitative estimate of drug-likeness (QED) is 0.493. The smallest absolute Gasteiger partial charge is 0.191 e. The van der Waals surface area contributed by atoms with E-state index in [-0.39, 0.29) is 0 Å². The lowest BCUT2D eigenvalue weighted by Crippen LogP contribution is -2.37. The van der Waals surface area contributed by atoms with Crippen molar-refractivity contribution in [1.29, 1.82) is 0 Å². The maximum Gasteiger partial charge on any atom is 0.191 e. The number of para-hydroxylation sites is 1. The minimum atomic E-state index is 0.562. The molecule has 2 aromatic carbocycles. The van der Waals surface area contributed by atoms with Gasteiger partial charge >= 0.3 is 0 Å². The van der Waals surface area contributed by atoms with Crippen molar-refractivity contribution in [3.8, 4) is 5.75 Å². The third-order valence-corrected chi connectivity index (χ3v) is 4.05. The molecule has 0 aliphatic carbocycles. The highest BCUT2D eigenvalue weighted by Crippen LogP contribution is 2.18. The zero-order valence-corrected chi connectivity index (χ0v) is 16.6. The average Bonchev–Trinajstić information content (AvgIpc) is 2.70. The highest BCUT2D eigenvalue weighted by atomic mass is 16.5. The maximum absolute atomic E-state index is 5.69. The molecule has 2 rings (SSSR count).